The highest BCUT2D eigenvalue weighted by Crippen LogP contribution is 2.26. The molecule has 2 aromatic rings. The normalized spacial score (nSPS) is 10.7. The lowest BCUT2D eigenvalue weighted by molar-refractivity contribution is 0.0943. The fourth-order valence-electron chi connectivity index (χ4n) is 1.82. The van der Waals surface area contributed by atoms with Gasteiger partial charge in [-0.2, -0.15) is 0 Å². The molecule has 20 heavy (non-hydrogen) atoms. The van der Waals surface area contributed by atoms with Gasteiger partial charge < -0.3 is 19.0 Å². The van der Waals surface area contributed by atoms with Crippen LogP contribution < -0.4 is 5.32 Å². The van der Waals surface area contributed by atoms with Crippen LogP contribution in [0.15, 0.2) is 27.3 Å². The Morgan fingerprint density at radius 2 is 2.35 bits per heavy atom. The zero-order chi connectivity index (χ0) is 14.4. The summed E-state index contributed by atoms with van der Waals surface area (Å²) >= 11 is 0. The molecule has 108 valence electrons. The van der Waals surface area contributed by atoms with E-state index in [0.717, 1.165) is 6.42 Å². The Balaban J connectivity index is 2.01. The van der Waals surface area contributed by atoms with Crippen molar-refractivity contribution in [2.75, 3.05) is 19.8 Å². The van der Waals surface area contributed by atoms with Gasteiger partial charge in [-0.25, -0.2) is 0 Å². The summed E-state index contributed by atoms with van der Waals surface area (Å²) in [6, 6.07) is 3.46. The first kappa shape index (κ1) is 14.3. The van der Waals surface area contributed by atoms with Crippen LogP contribution in [-0.2, 0) is 4.74 Å². The predicted molar refractivity (Wildman–Crippen MR) is 72.4 cm³/mol. The molecule has 0 saturated heterocycles. The first-order valence-electron chi connectivity index (χ1n) is 6.60. The quantitative estimate of drug-likeness (QED) is 0.787. The number of nitrogens with one attached hydrogen (secondary N) is 1. The van der Waals surface area contributed by atoms with Crippen LogP contribution in [0.25, 0.3) is 11.5 Å². The molecule has 1 N–H and O–H groups in total. The zero-order valence-electron chi connectivity index (χ0n) is 11.6. The first-order chi connectivity index (χ1) is 9.74. The summed E-state index contributed by atoms with van der Waals surface area (Å²) in [6.45, 7) is 5.52. The lowest BCUT2D eigenvalue weighted by atomic mass is 10.1. The van der Waals surface area contributed by atoms with Crippen molar-refractivity contribution in [1.29, 1.82) is 0 Å². The predicted octanol–water partition coefficient (Wildman–Crippen LogP) is 2.40. The Kier molecular flexibility index (Phi) is 4.95. The van der Waals surface area contributed by atoms with E-state index in [2.05, 4.69) is 10.5 Å². The minimum atomic E-state index is -0.216. The van der Waals surface area contributed by atoms with Crippen LogP contribution in [0.2, 0.25) is 0 Å². The number of ether oxygens (including phenoxy) is 1. The number of nitrogens with zero attached hydrogens (tertiary/aromatic N) is 1. The zero-order valence-corrected chi connectivity index (χ0v) is 11.6. The minimum absolute atomic E-state index is 0.216. The number of rotatable bonds is 7. The van der Waals surface area contributed by atoms with E-state index >= 15 is 0 Å². The second kappa shape index (κ2) is 6.91. The van der Waals surface area contributed by atoms with E-state index in [-0.39, 0.29) is 5.91 Å². The third kappa shape index (κ3) is 3.27. The van der Waals surface area contributed by atoms with Crippen molar-refractivity contribution in [2.45, 2.75) is 20.3 Å². The van der Waals surface area contributed by atoms with Crippen molar-refractivity contribution < 1.29 is 18.5 Å². The fourth-order valence-corrected chi connectivity index (χ4v) is 1.82. The number of amides is 1. The Morgan fingerprint density at radius 3 is 3.05 bits per heavy atom. The van der Waals surface area contributed by atoms with Crippen LogP contribution in [-0.4, -0.2) is 30.8 Å². The van der Waals surface area contributed by atoms with Crippen LogP contribution in [0.1, 0.15) is 29.4 Å². The number of carbonyl (C=O) groups excluding carboxylic acids is 1. The molecule has 6 heteroatoms. The first-order valence-corrected chi connectivity index (χ1v) is 6.60. The number of carbonyl (C=O) groups is 1. The van der Waals surface area contributed by atoms with E-state index in [1.807, 2.05) is 6.92 Å². The van der Waals surface area contributed by atoms with Crippen molar-refractivity contribution in [3.63, 3.8) is 0 Å². The van der Waals surface area contributed by atoms with Crippen molar-refractivity contribution in [2.24, 2.45) is 0 Å². The molecule has 0 spiro atoms. The second-order valence-corrected chi connectivity index (χ2v) is 4.26. The van der Waals surface area contributed by atoms with Gasteiger partial charge in [0, 0.05) is 19.8 Å². The molecule has 2 heterocycles. The van der Waals surface area contributed by atoms with E-state index in [0.29, 0.717) is 42.5 Å². The van der Waals surface area contributed by atoms with Crippen LogP contribution >= 0.6 is 0 Å². The number of hydrogen-bond acceptors (Lipinski definition) is 5. The molecule has 0 aliphatic carbocycles. The van der Waals surface area contributed by atoms with Gasteiger partial charge in [-0.1, -0.05) is 5.16 Å². The standard InChI is InChI=1S/C14H18N2O4/c1-3-18-8-5-7-15-14(17)12-10(2)16-20-13(12)11-6-4-9-19-11/h4,6,9H,3,5,7-8H2,1-2H3,(H,15,17). The molecule has 0 aromatic carbocycles. The molecule has 0 unspecified atom stereocenters. The van der Waals surface area contributed by atoms with Gasteiger partial charge in [-0.3, -0.25) is 4.79 Å². The highest BCUT2D eigenvalue weighted by atomic mass is 16.5. The van der Waals surface area contributed by atoms with Crippen LogP contribution in [0.4, 0.5) is 0 Å². The Bertz CT molecular complexity index is 546. The summed E-state index contributed by atoms with van der Waals surface area (Å²) in [4.78, 5) is 12.2. The SMILES string of the molecule is CCOCCCNC(=O)c1c(C)noc1-c1ccco1. The molecule has 0 radical (unpaired) electrons. The third-order valence-corrected chi connectivity index (χ3v) is 2.79. The number of aromatic nitrogens is 1. The molecule has 6 nitrogen and oxygen atoms in total. The van der Waals surface area contributed by atoms with E-state index in [4.69, 9.17) is 13.7 Å². The summed E-state index contributed by atoms with van der Waals surface area (Å²) < 4.78 is 15.6. The van der Waals surface area contributed by atoms with Crippen LogP contribution in [0.3, 0.4) is 0 Å². The molecule has 0 atom stereocenters. The van der Waals surface area contributed by atoms with Crippen molar-refractivity contribution in [3.8, 4) is 11.5 Å². The largest absolute Gasteiger partial charge is 0.461 e. The van der Waals surface area contributed by atoms with Crippen LogP contribution in [0.5, 0.6) is 0 Å². The van der Waals surface area contributed by atoms with Crippen molar-refractivity contribution in [1.82, 2.24) is 10.5 Å². The summed E-state index contributed by atoms with van der Waals surface area (Å²) in [6.07, 6.45) is 2.29. The molecule has 0 saturated carbocycles. The van der Waals surface area contributed by atoms with Crippen molar-refractivity contribution in [3.05, 3.63) is 29.7 Å². The number of hydrogen-bond donors (Lipinski definition) is 1. The Hall–Kier alpha value is -2.08. The topological polar surface area (TPSA) is 77.5 Å². The summed E-state index contributed by atoms with van der Waals surface area (Å²) in [7, 11) is 0. The van der Waals surface area contributed by atoms with Gasteiger partial charge in [0.25, 0.3) is 5.91 Å². The van der Waals surface area contributed by atoms with Gasteiger partial charge >= 0.3 is 0 Å². The molecule has 0 aliphatic heterocycles. The third-order valence-electron chi connectivity index (χ3n) is 2.79. The van der Waals surface area contributed by atoms with Gasteiger partial charge in [-0.15, -0.1) is 0 Å². The van der Waals surface area contributed by atoms with E-state index in [9.17, 15) is 4.79 Å². The van der Waals surface area contributed by atoms with Gasteiger partial charge in [0.2, 0.25) is 5.76 Å². The maximum absolute atomic E-state index is 12.2. The monoisotopic (exact) mass is 278 g/mol. The molecule has 0 bridgehead atoms. The second-order valence-electron chi connectivity index (χ2n) is 4.26. The van der Waals surface area contributed by atoms with Gasteiger partial charge in [0.05, 0.1) is 12.0 Å². The van der Waals surface area contributed by atoms with Gasteiger partial charge in [0.1, 0.15) is 5.56 Å². The molecular formula is C14H18N2O4. The Morgan fingerprint density at radius 1 is 1.50 bits per heavy atom. The molecule has 0 fully saturated rings. The molecular weight excluding hydrogens is 260 g/mol. The highest BCUT2D eigenvalue weighted by Gasteiger charge is 2.23. The van der Waals surface area contributed by atoms with Crippen molar-refractivity contribution >= 4 is 5.91 Å². The summed E-state index contributed by atoms with van der Waals surface area (Å²) in [5.41, 5.74) is 0.954. The summed E-state index contributed by atoms with van der Waals surface area (Å²) in [5.74, 6) is 0.631. The van der Waals surface area contributed by atoms with Gasteiger partial charge in [0.15, 0.2) is 5.76 Å². The smallest absolute Gasteiger partial charge is 0.257 e. The molecule has 0 aliphatic rings. The lowest BCUT2D eigenvalue weighted by Crippen LogP contribution is -2.26. The van der Waals surface area contributed by atoms with E-state index in [1.54, 1.807) is 19.1 Å². The molecule has 2 aromatic heterocycles. The molecule has 2 rings (SSSR count). The maximum Gasteiger partial charge on any atom is 0.257 e. The number of furan rings is 1. The fraction of sp³-hybridized carbons (Fsp3) is 0.429. The van der Waals surface area contributed by atoms with Crippen LogP contribution in [0, 0.1) is 6.92 Å². The van der Waals surface area contributed by atoms with Gasteiger partial charge in [-0.05, 0) is 32.4 Å². The highest BCUT2D eigenvalue weighted by molar-refractivity contribution is 6.00. The summed E-state index contributed by atoms with van der Waals surface area (Å²) in [5, 5.41) is 6.66. The molecule has 1 amide bonds. The Labute approximate surface area is 117 Å². The minimum Gasteiger partial charge on any atom is -0.461 e. The van der Waals surface area contributed by atoms with E-state index < -0.39 is 0 Å². The van der Waals surface area contributed by atoms with E-state index in [1.165, 1.54) is 6.26 Å². The maximum atomic E-state index is 12.2. The lowest BCUT2D eigenvalue weighted by Gasteiger charge is -2.05. The average Bonchev–Trinajstić information content (AvgIpc) is 3.07. The average molecular weight is 278 g/mol. The number of aryl methyl sites for hydroxylation is 1.